The molecule has 2 heterocycles. The summed E-state index contributed by atoms with van der Waals surface area (Å²) in [5.41, 5.74) is 3.59. The summed E-state index contributed by atoms with van der Waals surface area (Å²) in [6.45, 7) is 6.84. The van der Waals surface area contributed by atoms with E-state index in [0.29, 0.717) is 31.6 Å². The van der Waals surface area contributed by atoms with Crippen LogP contribution in [0.2, 0.25) is 0 Å². The second-order valence-corrected chi connectivity index (χ2v) is 7.29. The number of ether oxygens (including phenoxy) is 1. The van der Waals surface area contributed by atoms with E-state index in [9.17, 15) is 14.7 Å². The summed E-state index contributed by atoms with van der Waals surface area (Å²) in [5, 5.41) is 12.5. The highest BCUT2D eigenvalue weighted by Crippen LogP contribution is 2.30. The van der Waals surface area contributed by atoms with Gasteiger partial charge < -0.3 is 19.7 Å². The summed E-state index contributed by atoms with van der Waals surface area (Å²) in [7, 11) is 0. The molecule has 144 valence electrons. The van der Waals surface area contributed by atoms with Crippen LogP contribution in [0.15, 0.2) is 30.3 Å². The number of rotatable bonds is 5. The highest BCUT2D eigenvalue weighted by Gasteiger charge is 2.40. The van der Waals surface area contributed by atoms with Crippen LogP contribution in [0.25, 0.3) is 5.69 Å². The maximum atomic E-state index is 12.8. The van der Waals surface area contributed by atoms with E-state index in [1.54, 1.807) is 0 Å². The predicted molar refractivity (Wildman–Crippen MR) is 102 cm³/mol. The molecule has 0 unspecified atom stereocenters. The molecule has 1 saturated heterocycles. The lowest BCUT2D eigenvalue weighted by atomic mass is 9.80. The number of hydrogen-bond donors (Lipinski definition) is 2. The second kappa shape index (κ2) is 7.56. The first-order valence-corrected chi connectivity index (χ1v) is 9.20. The average Bonchev–Trinajstić information content (AvgIpc) is 2.95. The van der Waals surface area contributed by atoms with Crippen molar-refractivity contribution in [2.24, 2.45) is 5.41 Å². The number of carbonyl (C=O) groups is 2. The Hall–Kier alpha value is -2.60. The fourth-order valence-electron chi connectivity index (χ4n) is 3.75. The first-order chi connectivity index (χ1) is 12.9. The van der Waals surface area contributed by atoms with Crippen molar-refractivity contribution in [2.45, 2.75) is 33.6 Å². The number of aromatic nitrogens is 1. The Morgan fingerprint density at radius 3 is 2.48 bits per heavy atom. The Labute approximate surface area is 159 Å². The number of carboxylic acids is 1. The van der Waals surface area contributed by atoms with Crippen LogP contribution in [-0.2, 0) is 9.53 Å². The largest absolute Gasteiger partial charge is 0.481 e. The van der Waals surface area contributed by atoms with Gasteiger partial charge in [-0.05, 0) is 51.3 Å². The third-order valence-corrected chi connectivity index (χ3v) is 5.52. The van der Waals surface area contributed by atoms with Gasteiger partial charge in [0, 0.05) is 36.8 Å². The zero-order chi connectivity index (χ0) is 19.6. The smallest absolute Gasteiger partial charge is 0.311 e. The molecule has 1 amide bonds. The number of aliphatic carboxylic acids is 1. The minimum atomic E-state index is -0.949. The van der Waals surface area contributed by atoms with Crippen LogP contribution in [0.3, 0.4) is 0 Å². The van der Waals surface area contributed by atoms with Crippen molar-refractivity contribution in [3.05, 3.63) is 52.8 Å². The molecule has 0 radical (unpaired) electrons. The van der Waals surface area contributed by atoms with Gasteiger partial charge >= 0.3 is 5.97 Å². The molecule has 6 heteroatoms. The van der Waals surface area contributed by atoms with Crippen molar-refractivity contribution in [1.29, 1.82) is 0 Å². The van der Waals surface area contributed by atoms with Gasteiger partial charge in [0.25, 0.3) is 5.91 Å². The number of nitrogens with one attached hydrogen (secondary N) is 1. The predicted octanol–water partition coefficient (Wildman–Crippen LogP) is 3.01. The molecule has 27 heavy (non-hydrogen) atoms. The van der Waals surface area contributed by atoms with Crippen LogP contribution in [0.4, 0.5) is 0 Å². The van der Waals surface area contributed by atoms with Gasteiger partial charge in [0.15, 0.2) is 0 Å². The lowest BCUT2D eigenvalue weighted by molar-refractivity contribution is -0.154. The highest BCUT2D eigenvalue weighted by atomic mass is 16.5. The normalized spacial score (nSPS) is 16.1. The Kier molecular flexibility index (Phi) is 5.37. The molecule has 3 rings (SSSR count). The Balaban J connectivity index is 1.83. The van der Waals surface area contributed by atoms with Crippen molar-refractivity contribution in [1.82, 2.24) is 9.88 Å². The summed E-state index contributed by atoms with van der Waals surface area (Å²) in [4.78, 5) is 24.6. The third-order valence-electron chi connectivity index (χ3n) is 5.52. The maximum Gasteiger partial charge on any atom is 0.311 e. The number of nitrogens with zero attached hydrogens (tertiary/aromatic N) is 1. The average molecular weight is 370 g/mol. The van der Waals surface area contributed by atoms with Crippen molar-refractivity contribution in [3.8, 4) is 5.69 Å². The molecule has 1 fully saturated rings. The molecule has 1 aromatic carbocycles. The standard InChI is InChI=1S/C21H26N2O4/c1-14-6-4-5-7-18(14)23-15(2)12-17(16(23)3)19(24)22-13-21(20(25)26)8-10-27-11-9-21/h4-7,12H,8-11,13H2,1-3H3,(H,22,24)(H,25,26). The number of carboxylic acid groups (broad SMARTS) is 1. The summed E-state index contributed by atoms with van der Waals surface area (Å²) < 4.78 is 7.35. The van der Waals surface area contributed by atoms with Gasteiger partial charge in [-0.25, -0.2) is 0 Å². The first-order valence-electron chi connectivity index (χ1n) is 9.20. The zero-order valence-corrected chi connectivity index (χ0v) is 16.0. The quantitative estimate of drug-likeness (QED) is 0.848. The van der Waals surface area contributed by atoms with E-state index in [4.69, 9.17) is 4.74 Å². The topological polar surface area (TPSA) is 80.6 Å². The van der Waals surface area contributed by atoms with Crippen LogP contribution in [-0.4, -0.2) is 41.3 Å². The molecule has 2 N–H and O–H groups in total. The monoisotopic (exact) mass is 370 g/mol. The molecule has 0 aliphatic carbocycles. The van der Waals surface area contributed by atoms with Crippen molar-refractivity contribution in [2.75, 3.05) is 19.8 Å². The van der Waals surface area contributed by atoms with E-state index in [-0.39, 0.29) is 12.5 Å². The van der Waals surface area contributed by atoms with E-state index >= 15 is 0 Å². The molecule has 1 aliphatic rings. The SMILES string of the molecule is Cc1ccccc1-n1c(C)cc(C(=O)NCC2(C(=O)O)CCOCC2)c1C. The Morgan fingerprint density at radius 1 is 1.19 bits per heavy atom. The van der Waals surface area contributed by atoms with Gasteiger partial charge in [-0.2, -0.15) is 0 Å². The summed E-state index contributed by atoms with van der Waals surface area (Å²) in [6, 6.07) is 9.88. The minimum absolute atomic E-state index is 0.110. The lowest BCUT2D eigenvalue weighted by Crippen LogP contribution is -2.46. The van der Waals surface area contributed by atoms with Gasteiger partial charge in [-0.1, -0.05) is 18.2 Å². The minimum Gasteiger partial charge on any atom is -0.481 e. The number of benzene rings is 1. The number of amides is 1. The van der Waals surface area contributed by atoms with Crippen LogP contribution in [0.5, 0.6) is 0 Å². The van der Waals surface area contributed by atoms with Crippen molar-refractivity contribution >= 4 is 11.9 Å². The zero-order valence-electron chi connectivity index (χ0n) is 16.0. The van der Waals surface area contributed by atoms with E-state index in [2.05, 4.69) is 9.88 Å². The molecule has 1 aliphatic heterocycles. The van der Waals surface area contributed by atoms with Crippen LogP contribution < -0.4 is 5.32 Å². The van der Waals surface area contributed by atoms with E-state index in [0.717, 1.165) is 22.6 Å². The number of aryl methyl sites for hydroxylation is 2. The number of carbonyl (C=O) groups excluding carboxylic acids is 1. The number of para-hydroxylation sites is 1. The third kappa shape index (κ3) is 3.62. The van der Waals surface area contributed by atoms with E-state index < -0.39 is 11.4 Å². The maximum absolute atomic E-state index is 12.8. The molecule has 2 aromatic rings. The second-order valence-electron chi connectivity index (χ2n) is 7.29. The first kappa shape index (κ1) is 19.2. The fraction of sp³-hybridized carbons (Fsp3) is 0.429. The van der Waals surface area contributed by atoms with Gasteiger partial charge in [-0.15, -0.1) is 0 Å². The van der Waals surface area contributed by atoms with Crippen LogP contribution in [0, 0.1) is 26.2 Å². The molecular weight excluding hydrogens is 344 g/mol. The Morgan fingerprint density at radius 2 is 1.85 bits per heavy atom. The van der Waals surface area contributed by atoms with Crippen LogP contribution >= 0.6 is 0 Å². The van der Waals surface area contributed by atoms with Gasteiger partial charge in [0.1, 0.15) is 0 Å². The van der Waals surface area contributed by atoms with Gasteiger partial charge in [0.2, 0.25) is 0 Å². The summed E-state index contributed by atoms with van der Waals surface area (Å²) >= 11 is 0. The number of hydrogen-bond acceptors (Lipinski definition) is 3. The lowest BCUT2D eigenvalue weighted by Gasteiger charge is -2.33. The van der Waals surface area contributed by atoms with E-state index in [1.807, 2.05) is 51.1 Å². The summed E-state index contributed by atoms with van der Waals surface area (Å²) in [5.74, 6) is -1.12. The molecule has 0 bridgehead atoms. The molecule has 0 spiro atoms. The van der Waals surface area contributed by atoms with Gasteiger partial charge in [0.05, 0.1) is 11.0 Å². The molecule has 0 atom stereocenters. The Bertz CT molecular complexity index is 863. The highest BCUT2D eigenvalue weighted by molar-refractivity contribution is 5.96. The molecule has 0 saturated carbocycles. The summed E-state index contributed by atoms with van der Waals surface area (Å²) in [6.07, 6.45) is 0.815. The molecule has 1 aromatic heterocycles. The molecule has 6 nitrogen and oxygen atoms in total. The van der Waals surface area contributed by atoms with Gasteiger partial charge in [-0.3, -0.25) is 9.59 Å². The van der Waals surface area contributed by atoms with E-state index in [1.165, 1.54) is 0 Å². The van der Waals surface area contributed by atoms with Crippen LogP contribution in [0.1, 0.15) is 40.2 Å². The van der Waals surface area contributed by atoms with Crippen molar-refractivity contribution < 1.29 is 19.4 Å². The molecular formula is C21H26N2O4. The fourth-order valence-corrected chi connectivity index (χ4v) is 3.75. The van der Waals surface area contributed by atoms with Crippen molar-refractivity contribution in [3.63, 3.8) is 0 Å².